The van der Waals surface area contributed by atoms with Gasteiger partial charge in [-0.2, -0.15) is 4.31 Å². The Morgan fingerprint density at radius 3 is 2.24 bits per heavy atom. The highest BCUT2D eigenvalue weighted by atomic mass is 35.5. The number of amides is 3. The van der Waals surface area contributed by atoms with Crippen molar-refractivity contribution in [3.8, 4) is 0 Å². The van der Waals surface area contributed by atoms with Gasteiger partial charge in [0.1, 0.15) is 29.8 Å². The molecule has 3 atom stereocenters. The molecule has 2 aliphatic rings. The summed E-state index contributed by atoms with van der Waals surface area (Å²) in [5, 5.41) is 2.76. The lowest BCUT2D eigenvalue weighted by molar-refractivity contribution is -0.168. The highest BCUT2D eigenvalue weighted by Gasteiger charge is 2.54. The molecule has 3 unspecified atom stereocenters. The molecule has 2 saturated heterocycles. The van der Waals surface area contributed by atoms with Crippen molar-refractivity contribution in [1.82, 2.24) is 19.4 Å². The molecule has 0 saturated carbocycles. The molecule has 3 aromatic carbocycles. The summed E-state index contributed by atoms with van der Waals surface area (Å²) >= 11 is 18.3. The highest BCUT2D eigenvalue weighted by Crippen LogP contribution is 2.35. The lowest BCUT2D eigenvalue weighted by Crippen LogP contribution is -2.76. The molecule has 1 N–H and O–H groups in total. The standard InChI is InChI=1S/C30H27Cl3F2N4O6S/c31-20-8-6-18(7-9-20)12-24-29(41)37(15-26(34)35)16-27-38(46(43,44)25-11-10-21(32)13-22(25)33)14-23(28(40)39(24)27)36-30(42)45-17-19-4-2-1-3-5-19/h1-11,13,23-24,26-27H,12,14-17H2,(H,36,42). The zero-order valence-electron chi connectivity index (χ0n) is 23.9. The Hall–Kier alpha value is -3.49. The van der Waals surface area contributed by atoms with Crippen LogP contribution in [0.25, 0.3) is 0 Å². The molecule has 5 rings (SSSR count). The molecular weight excluding hydrogens is 689 g/mol. The van der Waals surface area contributed by atoms with Crippen LogP contribution in [0.5, 0.6) is 0 Å². The van der Waals surface area contributed by atoms with Crippen molar-refractivity contribution in [1.29, 1.82) is 0 Å². The molecule has 0 radical (unpaired) electrons. The largest absolute Gasteiger partial charge is 0.445 e. The maximum Gasteiger partial charge on any atom is 0.408 e. The minimum absolute atomic E-state index is 0.136. The van der Waals surface area contributed by atoms with E-state index in [0.717, 1.165) is 14.1 Å². The van der Waals surface area contributed by atoms with E-state index in [1.165, 1.54) is 18.2 Å². The molecule has 16 heteroatoms. The van der Waals surface area contributed by atoms with Crippen LogP contribution in [-0.2, 0) is 37.4 Å². The molecule has 2 aliphatic heterocycles. The van der Waals surface area contributed by atoms with Crippen LogP contribution < -0.4 is 5.32 Å². The highest BCUT2D eigenvalue weighted by molar-refractivity contribution is 7.89. The smallest absolute Gasteiger partial charge is 0.408 e. The third kappa shape index (κ3) is 7.39. The fourth-order valence-electron chi connectivity index (χ4n) is 5.45. The summed E-state index contributed by atoms with van der Waals surface area (Å²) < 4.78 is 61.9. The number of hydrogen-bond donors (Lipinski definition) is 1. The maximum absolute atomic E-state index is 14.2. The van der Waals surface area contributed by atoms with E-state index < -0.39 is 72.2 Å². The van der Waals surface area contributed by atoms with Gasteiger partial charge in [0.15, 0.2) is 0 Å². The van der Waals surface area contributed by atoms with Gasteiger partial charge in [0.05, 0.1) is 18.1 Å². The van der Waals surface area contributed by atoms with Crippen LogP contribution >= 0.6 is 34.8 Å². The number of piperazine rings is 1. The number of ether oxygens (including phenoxy) is 1. The molecule has 244 valence electrons. The van der Waals surface area contributed by atoms with Crippen molar-refractivity contribution in [2.75, 3.05) is 19.6 Å². The monoisotopic (exact) mass is 714 g/mol. The Morgan fingerprint density at radius 1 is 0.913 bits per heavy atom. The summed E-state index contributed by atoms with van der Waals surface area (Å²) in [6.45, 7) is -2.28. The average Bonchev–Trinajstić information content (AvgIpc) is 3.00. The zero-order chi connectivity index (χ0) is 33.2. The number of hydrogen-bond acceptors (Lipinski definition) is 6. The summed E-state index contributed by atoms with van der Waals surface area (Å²) in [5.41, 5.74) is 1.19. The van der Waals surface area contributed by atoms with Crippen molar-refractivity contribution < 1.29 is 36.3 Å². The minimum atomic E-state index is -4.58. The van der Waals surface area contributed by atoms with Crippen molar-refractivity contribution in [2.24, 2.45) is 0 Å². The van der Waals surface area contributed by atoms with Gasteiger partial charge in [-0.25, -0.2) is 22.0 Å². The van der Waals surface area contributed by atoms with Crippen LogP contribution in [0.15, 0.2) is 77.7 Å². The number of sulfonamides is 1. The van der Waals surface area contributed by atoms with Gasteiger partial charge in [-0.1, -0.05) is 77.3 Å². The molecule has 0 aromatic heterocycles. The first-order valence-corrected chi connectivity index (χ1v) is 16.5. The van der Waals surface area contributed by atoms with E-state index in [0.29, 0.717) is 16.1 Å². The molecule has 0 spiro atoms. The number of alkyl halides is 2. The minimum Gasteiger partial charge on any atom is -0.445 e. The topological polar surface area (TPSA) is 116 Å². The number of halogens is 5. The van der Waals surface area contributed by atoms with E-state index in [1.54, 1.807) is 54.6 Å². The second-order valence-corrected chi connectivity index (χ2v) is 13.8. The summed E-state index contributed by atoms with van der Waals surface area (Å²) in [6.07, 6.45) is -5.52. The lowest BCUT2D eigenvalue weighted by Gasteiger charge is -2.53. The molecule has 0 aliphatic carbocycles. The van der Waals surface area contributed by atoms with Crippen molar-refractivity contribution >= 4 is 62.7 Å². The quantitative estimate of drug-likeness (QED) is 0.340. The summed E-state index contributed by atoms with van der Waals surface area (Å²) in [7, 11) is -4.58. The molecular formula is C30H27Cl3F2N4O6S. The van der Waals surface area contributed by atoms with E-state index in [-0.39, 0.29) is 28.0 Å². The van der Waals surface area contributed by atoms with Gasteiger partial charge in [0, 0.05) is 23.0 Å². The SMILES string of the molecule is O=C(NC1CN(S(=O)(=O)c2ccc(Cl)cc2Cl)C2CN(CC(F)F)C(=O)C(Cc3ccc(Cl)cc3)N2C1=O)OCc1ccccc1. The second kappa shape index (κ2) is 14.1. The molecule has 3 amide bonds. The van der Waals surface area contributed by atoms with Crippen molar-refractivity contribution in [3.05, 3.63) is 99.0 Å². The number of rotatable bonds is 9. The number of carbonyl (C=O) groups excluding carboxylic acids is 3. The Kier molecular flexibility index (Phi) is 10.4. The van der Waals surface area contributed by atoms with Gasteiger partial charge >= 0.3 is 6.09 Å². The number of nitrogens with one attached hydrogen (secondary N) is 1. The third-order valence-electron chi connectivity index (χ3n) is 7.57. The van der Waals surface area contributed by atoms with E-state index >= 15 is 0 Å². The van der Waals surface area contributed by atoms with Gasteiger partial charge in [-0.15, -0.1) is 0 Å². The molecule has 2 fully saturated rings. The summed E-state index contributed by atoms with van der Waals surface area (Å²) in [4.78, 5) is 42.1. The Morgan fingerprint density at radius 2 is 1.59 bits per heavy atom. The van der Waals surface area contributed by atoms with E-state index in [1.807, 2.05) is 0 Å². The lowest BCUT2D eigenvalue weighted by atomic mass is 9.97. The maximum atomic E-state index is 14.2. The van der Waals surface area contributed by atoms with E-state index in [2.05, 4.69) is 5.32 Å². The number of benzene rings is 3. The van der Waals surface area contributed by atoms with Crippen LogP contribution in [0.2, 0.25) is 15.1 Å². The van der Waals surface area contributed by atoms with Gasteiger partial charge in [-0.3, -0.25) is 9.59 Å². The molecule has 46 heavy (non-hydrogen) atoms. The summed E-state index contributed by atoms with van der Waals surface area (Å²) in [6, 6.07) is 15.8. The molecule has 2 heterocycles. The number of nitrogens with zero attached hydrogens (tertiary/aromatic N) is 3. The number of fused-ring (bicyclic) bond motifs is 1. The van der Waals surface area contributed by atoms with Gasteiger partial charge in [0.25, 0.3) is 6.43 Å². The van der Waals surface area contributed by atoms with Gasteiger partial charge in [-0.05, 0) is 41.5 Å². The first kappa shape index (κ1) is 33.9. The fourth-order valence-corrected chi connectivity index (χ4v) is 7.91. The van der Waals surface area contributed by atoms with Gasteiger partial charge in [0.2, 0.25) is 21.8 Å². The Labute approximate surface area is 278 Å². The first-order chi connectivity index (χ1) is 21.8. The van der Waals surface area contributed by atoms with Crippen LogP contribution in [0, 0.1) is 0 Å². The van der Waals surface area contributed by atoms with Crippen LogP contribution in [-0.4, -0.2) is 84.7 Å². The van der Waals surface area contributed by atoms with Crippen molar-refractivity contribution in [2.45, 2.75) is 42.6 Å². The Balaban J connectivity index is 1.54. The number of alkyl carbamates (subject to hydrolysis) is 1. The van der Waals surface area contributed by atoms with Gasteiger partial charge < -0.3 is 19.9 Å². The van der Waals surface area contributed by atoms with Crippen molar-refractivity contribution in [3.63, 3.8) is 0 Å². The predicted octanol–water partition coefficient (Wildman–Crippen LogP) is 4.82. The van der Waals surface area contributed by atoms with E-state index in [4.69, 9.17) is 39.5 Å². The molecule has 3 aromatic rings. The molecule has 0 bridgehead atoms. The van der Waals surface area contributed by atoms with Crippen LogP contribution in [0.3, 0.4) is 0 Å². The second-order valence-electron chi connectivity index (χ2n) is 10.6. The van der Waals surface area contributed by atoms with Crippen LogP contribution in [0.4, 0.5) is 13.6 Å². The van der Waals surface area contributed by atoms with E-state index in [9.17, 15) is 31.6 Å². The third-order valence-corrected chi connectivity index (χ3v) is 10.4. The first-order valence-electron chi connectivity index (χ1n) is 13.9. The summed E-state index contributed by atoms with van der Waals surface area (Å²) in [5.74, 6) is -1.60. The predicted molar refractivity (Wildman–Crippen MR) is 166 cm³/mol. The molecule has 10 nitrogen and oxygen atoms in total. The van der Waals surface area contributed by atoms with Crippen LogP contribution in [0.1, 0.15) is 11.1 Å². The average molecular weight is 716 g/mol. The fraction of sp³-hybridized carbons (Fsp3) is 0.300. The zero-order valence-corrected chi connectivity index (χ0v) is 26.9. The normalized spacial score (nSPS) is 20.5. The number of carbonyl (C=O) groups is 3. The Bertz CT molecular complexity index is 1720.